The van der Waals surface area contributed by atoms with Crippen molar-refractivity contribution in [1.29, 1.82) is 0 Å². The molecule has 0 aromatic carbocycles. The fourth-order valence-electron chi connectivity index (χ4n) is 5.23. The van der Waals surface area contributed by atoms with Gasteiger partial charge in [0, 0.05) is 47.5 Å². The number of aromatic nitrogens is 5. The van der Waals surface area contributed by atoms with Crippen LogP contribution in [0.3, 0.4) is 0 Å². The number of hydrogen-bond acceptors (Lipinski definition) is 6. The Morgan fingerprint density at radius 2 is 2.03 bits per heavy atom. The minimum Gasteiger partial charge on any atom is -0.369 e. The lowest BCUT2D eigenvalue weighted by atomic mass is 9.74. The SMILES string of the molecule is Cc1cc2c(-c3nc(NC[C@H]4CCNCC4(C)C)c4c(C5CC5)cncc4n3)ccnc2[nH]1. The molecule has 1 aliphatic heterocycles. The summed E-state index contributed by atoms with van der Waals surface area (Å²) in [6.07, 6.45) is 9.33. The Kier molecular flexibility index (Phi) is 4.83. The van der Waals surface area contributed by atoms with Crippen LogP contribution in [0.1, 0.15) is 50.3 Å². The van der Waals surface area contributed by atoms with E-state index >= 15 is 0 Å². The lowest BCUT2D eigenvalue weighted by molar-refractivity contribution is 0.166. The number of nitrogens with one attached hydrogen (secondary N) is 3. The zero-order valence-corrected chi connectivity index (χ0v) is 19.6. The first-order valence-corrected chi connectivity index (χ1v) is 12.0. The van der Waals surface area contributed by atoms with Crippen LogP contribution in [0.4, 0.5) is 5.82 Å². The van der Waals surface area contributed by atoms with Crippen molar-refractivity contribution in [2.24, 2.45) is 11.3 Å². The van der Waals surface area contributed by atoms with E-state index in [4.69, 9.17) is 9.97 Å². The summed E-state index contributed by atoms with van der Waals surface area (Å²) in [5.41, 5.74) is 5.38. The summed E-state index contributed by atoms with van der Waals surface area (Å²) in [5, 5.41) is 9.50. The summed E-state index contributed by atoms with van der Waals surface area (Å²) in [4.78, 5) is 22.5. The average molecular weight is 442 g/mol. The molecule has 0 spiro atoms. The number of nitrogens with zero attached hydrogens (tertiary/aromatic N) is 4. The van der Waals surface area contributed by atoms with Crippen molar-refractivity contribution in [3.63, 3.8) is 0 Å². The van der Waals surface area contributed by atoms with E-state index in [2.05, 4.69) is 45.5 Å². The van der Waals surface area contributed by atoms with Crippen molar-refractivity contribution in [3.8, 4) is 11.4 Å². The van der Waals surface area contributed by atoms with Crippen LogP contribution in [0, 0.1) is 18.3 Å². The van der Waals surface area contributed by atoms with Crippen LogP contribution in [0.15, 0.2) is 30.7 Å². The van der Waals surface area contributed by atoms with E-state index in [0.29, 0.717) is 11.8 Å². The molecular formula is C26H31N7. The smallest absolute Gasteiger partial charge is 0.163 e. The first-order chi connectivity index (χ1) is 16.0. The second-order valence-electron chi connectivity index (χ2n) is 10.4. The minimum absolute atomic E-state index is 0.248. The number of H-pyrrole nitrogens is 1. The third-order valence-corrected chi connectivity index (χ3v) is 7.43. The van der Waals surface area contributed by atoms with E-state index in [-0.39, 0.29) is 5.41 Å². The van der Waals surface area contributed by atoms with Crippen molar-refractivity contribution >= 4 is 27.8 Å². The Morgan fingerprint density at radius 1 is 1.15 bits per heavy atom. The first kappa shape index (κ1) is 20.5. The van der Waals surface area contributed by atoms with Crippen LogP contribution in [-0.2, 0) is 0 Å². The minimum atomic E-state index is 0.248. The van der Waals surface area contributed by atoms with Gasteiger partial charge in [-0.25, -0.2) is 15.0 Å². The predicted molar refractivity (Wildman–Crippen MR) is 132 cm³/mol. The first-order valence-electron chi connectivity index (χ1n) is 12.0. The number of aryl methyl sites for hydroxylation is 1. The molecule has 0 unspecified atom stereocenters. The van der Waals surface area contributed by atoms with E-state index in [1.807, 2.05) is 31.6 Å². The highest BCUT2D eigenvalue weighted by atomic mass is 15.0. The molecule has 2 fully saturated rings. The van der Waals surface area contributed by atoms with Crippen molar-refractivity contribution < 1.29 is 0 Å². The molecule has 1 saturated carbocycles. The molecule has 2 aliphatic rings. The summed E-state index contributed by atoms with van der Waals surface area (Å²) >= 11 is 0. The van der Waals surface area contributed by atoms with Crippen molar-refractivity contribution in [2.75, 3.05) is 25.0 Å². The van der Waals surface area contributed by atoms with E-state index in [1.54, 1.807) is 0 Å². The molecule has 7 heteroatoms. The van der Waals surface area contributed by atoms with Gasteiger partial charge in [-0.2, -0.15) is 0 Å². The number of piperidine rings is 1. The van der Waals surface area contributed by atoms with Crippen LogP contribution in [0.25, 0.3) is 33.3 Å². The Bertz CT molecular complexity index is 1340. The van der Waals surface area contributed by atoms with Gasteiger partial charge in [0.2, 0.25) is 0 Å². The highest BCUT2D eigenvalue weighted by molar-refractivity contribution is 5.97. The lowest BCUT2D eigenvalue weighted by Crippen LogP contribution is -2.45. The molecule has 1 atom stereocenters. The van der Waals surface area contributed by atoms with Gasteiger partial charge < -0.3 is 15.6 Å². The molecule has 0 bridgehead atoms. The highest BCUT2D eigenvalue weighted by Gasteiger charge is 2.33. The molecule has 1 aliphatic carbocycles. The second kappa shape index (κ2) is 7.76. The summed E-state index contributed by atoms with van der Waals surface area (Å²) in [6.45, 7) is 9.79. The fraction of sp³-hybridized carbons (Fsp3) is 0.462. The second-order valence-corrected chi connectivity index (χ2v) is 10.4. The van der Waals surface area contributed by atoms with Crippen LogP contribution in [0.5, 0.6) is 0 Å². The van der Waals surface area contributed by atoms with Gasteiger partial charge in [-0.05, 0) is 67.7 Å². The highest BCUT2D eigenvalue weighted by Crippen LogP contribution is 2.44. The molecule has 6 rings (SSSR count). The molecule has 7 nitrogen and oxygen atoms in total. The molecule has 33 heavy (non-hydrogen) atoms. The quantitative estimate of drug-likeness (QED) is 0.412. The van der Waals surface area contributed by atoms with Gasteiger partial charge in [0.05, 0.1) is 11.7 Å². The maximum atomic E-state index is 5.13. The molecule has 0 amide bonds. The standard InChI is InChI=1S/C26H31N7/c1-15-10-19-18(7-9-29-23(19)31-15)24-32-21-13-28-12-20(16-4-5-16)22(21)25(33-24)30-11-17-6-8-27-14-26(17,2)3/h7,9-10,12-13,16-17,27H,4-6,8,11,14H2,1-3H3,(H,29,31)(H,30,32,33)/t17-/m1/s1. The molecule has 0 radical (unpaired) electrons. The van der Waals surface area contributed by atoms with Crippen LogP contribution in [0.2, 0.25) is 0 Å². The summed E-state index contributed by atoms with van der Waals surface area (Å²) in [7, 11) is 0. The zero-order valence-electron chi connectivity index (χ0n) is 19.6. The number of pyridine rings is 2. The largest absolute Gasteiger partial charge is 0.369 e. The molecule has 4 aromatic rings. The maximum Gasteiger partial charge on any atom is 0.163 e. The Hall–Kier alpha value is -3.06. The summed E-state index contributed by atoms with van der Waals surface area (Å²) < 4.78 is 0. The predicted octanol–water partition coefficient (Wildman–Crippen LogP) is 4.80. The third-order valence-electron chi connectivity index (χ3n) is 7.43. The lowest BCUT2D eigenvalue weighted by Gasteiger charge is -2.39. The van der Waals surface area contributed by atoms with Gasteiger partial charge >= 0.3 is 0 Å². The van der Waals surface area contributed by atoms with Gasteiger partial charge in [-0.3, -0.25) is 4.98 Å². The van der Waals surface area contributed by atoms with E-state index in [1.165, 1.54) is 24.8 Å². The van der Waals surface area contributed by atoms with Gasteiger partial charge in [-0.15, -0.1) is 0 Å². The van der Waals surface area contributed by atoms with E-state index < -0.39 is 0 Å². The van der Waals surface area contributed by atoms with Crippen molar-refractivity contribution in [1.82, 2.24) is 30.2 Å². The van der Waals surface area contributed by atoms with Gasteiger partial charge in [0.1, 0.15) is 11.5 Å². The van der Waals surface area contributed by atoms with Crippen LogP contribution < -0.4 is 10.6 Å². The van der Waals surface area contributed by atoms with Gasteiger partial charge in [-0.1, -0.05) is 13.8 Å². The molecular weight excluding hydrogens is 410 g/mol. The maximum absolute atomic E-state index is 5.13. The van der Waals surface area contributed by atoms with Crippen LogP contribution >= 0.6 is 0 Å². The number of hydrogen-bond donors (Lipinski definition) is 3. The van der Waals surface area contributed by atoms with E-state index in [9.17, 15) is 0 Å². The monoisotopic (exact) mass is 441 g/mol. The molecule has 3 N–H and O–H groups in total. The van der Waals surface area contributed by atoms with Crippen LogP contribution in [-0.4, -0.2) is 44.6 Å². The average Bonchev–Trinajstić information content (AvgIpc) is 3.57. The molecule has 5 heterocycles. The molecule has 1 saturated heterocycles. The normalized spacial score (nSPS) is 20.4. The molecule has 170 valence electrons. The Morgan fingerprint density at radius 3 is 2.85 bits per heavy atom. The fourth-order valence-corrected chi connectivity index (χ4v) is 5.23. The van der Waals surface area contributed by atoms with Gasteiger partial charge in [0.25, 0.3) is 0 Å². The summed E-state index contributed by atoms with van der Waals surface area (Å²) in [5.74, 6) is 2.81. The van der Waals surface area contributed by atoms with Gasteiger partial charge in [0.15, 0.2) is 5.82 Å². The number of rotatable bonds is 5. The van der Waals surface area contributed by atoms with E-state index in [0.717, 1.165) is 64.5 Å². The van der Waals surface area contributed by atoms with Crippen molar-refractivity contribution in [3.05, 3.63) is 42.0 Å². The number of anilines is 1. The summed E-state index contributed by atoms with van der Waals surface area (Å²) in [6, 6.07) is 4.13. The topological polar surface area (TPSA) is 91.4 Å². The number of aromatic amines is 1. The Labute approximate surface area is 193 Å². The Balaban J connectivity index is 1.47. The third kappa shape index (κ3) is 3.74. The number of fused-ring (bicyclic) bond motifs is 2. The molecule has 4 aromatic heterocycles. The van der Waals surface area contributed by atoms with Crippen molar-refractivity contribution in [2.45, 2.75) is 46.0 Å². The zero-order chi connectivity index (χ0) is 22.6.